The van der Waals surface area contributed by atoms with Crippen LogP contribution >= 0.6 is 34.4 Å². The third-order valence-corrected chi connectivity index (χ3v) is 4.94. The Morgan fingerprint density at radius 2 is 2.55 bits per heavy atom. The van der Waals surface area contributed by atoms with E-state index in [0.29, 0.717) is 14.7 Å². The van der Waals surface area contributed by atoms with Crippen molar-refractivity contribution in [1.82, 2.24) is 4.90 Å². The predicted molar refractivity (Wildman–Crippen MR) is 55.0 cm³/mol. The third kappa shape index (κ3) is 1.39. The quantitative estimate of drug-likeness (QED) is 0.381. The van der Waals surface area contributed by atoms with Gasteiger partial charge in [0.05, 0.1) is 11.8 Å². The SMILES string of the molecule is CC1(I)CS[C@H]2CC(=O)N2C1. The zero-order valence-corrected chi connectivity index (χ0v) is 9.31. The minimum atomic E-state index is 0.301. The van der Waals surface area contributed by atoms with Crippen LogP contribution in [0.4, 0.5) is 0 Å². The highest BCUT2D eigenvalue weighted by atomic mass is 127. The lowest BCUT2D eigenvalue weighted by Gasteiger charge is -2.48. The summed E-state index contributed by atoms with van der Waals surface area (Å²) >= 11 is 4.37. The lowest BCUT2D eigenvalue weighted by molar-refractivity contribution is -0.142. The highest BCUT2D eigenvalue weighted by Crippen LogP contribution is 2.41. The van der Waals surface area contributed by atoms with Crippen molar-refractivity contribution >= 4 is 40.3 Å². The molecule has 0 aromatic rings. The molecule has 2 heterocycles. The normalized spacial score (nSPS) is 43.3. The van der Waals surface area contributed by atoms with Crippen LogP contribution in [0.5, 0.6) is 0 Å². The van der Waals surface area contributed by atoms with Gasteiger partial charge < -0.3 is 4.90 Å². The van der Waals surface area contributed by atoms with Crippen molar-refractivity contribution < 1.29 is 4.79 Å². The van der Waals surface area contributed by atoms with Gasteiger partial charge in [-0.05, 0) is 6.92 Å². The number of hydrogen-bond donors (Lipinski definition) is 0. The molecule has 2 atom stereocenters. The number of carbonyl (C=O) groups is 1. The molecule has 0 bridgehead atoms. The van der Waals surface area contributed by atoms with E-state index in [1.54, 1.807) is 0 Å². The Bertz CT molecular complexity index is 207. The average molecular weight is 283 g/mol. The van der Waals surface area contributed by atoms with E-state index in [2.05, 4.69) is 29.5 Å². The molecule has 0 spiro atoms. The molecule has 2 nitrogen and oxygen atoms in total. The number of amides is 1. The number of hydrogen-bond acceptors (Lipinski definition) is 2. The fraction of sp³-hybridized carbons (Fsp3) is 0.857. The largest absolute Gasteiger partial charge is 0.329 e. The first-order valence-corrected chi connectivity index (χ1v) is 5.81. The van der Waals surface area contributed by atoms with E-state index in [1.807, 2.05) is 16.7 Å². The van der Waals surface area contributed by atoms with Gasteiger partial charge in [-0.2, -0.15) is 0 Å². The van der Waals surface area contributed by atoms with E-state index in [1.165, 1.54) is 5.75 Å². The first-order chi connectivity index (χ1) is 5.08. The summed E-state index contributed by atoms with van der Waals surface area (Å²) in [6.07, 6.45) is 0.775. The summed E-state index contributed by atoms with van der Waals surface area (Å²) in [5.74, 6) is 1.52. The number of rotatable bonds is 0. The zero-order valence-electron chi connectivity index (χ0n) is 6.34. The number of fused-ring (bicyclic) bond motifs is 1. The van der Waals surface area contributed by atoms with Gasteiger partial charge in [0.15, 0.2) is 0 Å². The van der Waals surface area contributed by atoms with Crippen LogP contribution in [0.15, 0.2) is 0 Å². The van der Waals surface area contributed by atoms with Crippen LogP contribution in [-0.2, 0) is 4.79 Å². The number of β-lactam (4-membered cyclic amide) rings is 1. The van der Waals surface area contributed by atoms with Crippen LogP contribution in [0.3, 0.4) is 0 Å². The maximum atomic E-state index is 11.1. The topological polar surface area (TPSA) is 20.3 Å². The number of halogens is 1. The van der Waals surface area contributed by atoms with Crippen molar-refractivity contribution in [3.63, 3.8) is 0 Å². The Morgan fingerprint density at radius 3 is 3.09 bits per heavy atom. The Balaban J connectivity index is 2.06. The van der Waals surface area contributed by atoms with Gasteiger partial charge in [0.2, 0.25) is 5.91 Å². The molecule has 2 saturated heterocycles. The van der Waals surface area contributed by atoms with Gasteiger partial charge in [-0.1, -0.05) is 22.6 Å². The maximum Gasteiger partial charge on any atom is 0.226 e. The molecule has 2 fully saturated rings. The summed E-state index contributed by atoms with van der Waals surface area (Å²) in [5, 5.41) is 0.519. The monoisotopic (exact) mass is 283 g/mol. The molecule has 0 radical (unpaired) electrons. The van der Waals surface area contributed by atoms with Gasteiger partial charge in [-0.3, -0.25) is 4.79 Å². The summed E-state index contributed by atoms with van der Waals surface area (Å²) in [7, 11) is 0. The number of nitrogens with zero attached hydrogens (tertiary/aromatic N) is 1. The molecule has 0 N–H and O–H groups in total. The van der Waals surface area contributed by atoms with Gasteiger partial charge in [0.25, 0.3) is 0 Å². The van der Waals surface area contributed by atoms with Crippen molar-refractivity contribution in [3.05, 3.63) is 0 Å². The Kier molecular flexibility index (Phi) is 1.87. The van der Waals surface area contributed by atoms with Gasteiger partial charge in [0, 0.05) is 15.7 Å². The van der Waals surface area contributed by atoms with E-state index in [0.717, 1.165) is 13.0 Å². The predicted octanol–water partition coefficient (Wildman–Crippen LogP) is 1.49. The van der Waals surface area contributed by atoms with Gasteiger partial charge in [0.1, 0.15) is 0 Å². The minimum Gasteiger partial charge on any atom is -0.329 e. The lowest BCUT2D eigenvalue weighted by Crippen LogP contribution is -2.59. The summed E-state index contributed by atoms with van der Waals surface area (Å²) in [4.78, 5) is 13.1. The number of alkyl halides is 1. The van der Waals surface area contributed by atoms with E-state index in [4.69, 9.17) is 0 Å². The Hall–Kier alpha value is 0.550. The summed E-state index contributed by atoms with van der Waals surface area (Å²) < 4.78 is 0.301. The number of thioether (sulfide) groups is 1. The van der Waals surface area contributed by atoms with E-state index >= 15 is 0 Å². The van der Waals surface area contributed by atoms with E-state index in [9.17, 15) is 4.79 Å². The molecule has 1 amide bonds. The Labute approximate surface area is 84.2 Å². The van der Waals surface area contributed by atoms with Crippen LogP contribution in [0, 0.1) is 0 Å². The van der Waals surface area contributed by atoms with Crippen LogP contribution in [0.2, 0.25) is 0 Å². The van der Waals surface area contributed by atoms with E-state index in [-0.39, 0.29) is 0 Å². The van der Waals surface area contributed by atoms with Crippen molar-refractivity contribution in [2.24, 2.45) is 0 Å². The second-order valence-corrected chi connectivity index (χ2v) is 7.18. The van der Waals surface area contributed by atoms with Crippen LogP contribution in [0.25, 0.3) is 0 Å². The second-order valence-electron chi connectivity index (χ2n) is 3.40. The molecule has 2 aliphatic rings. The van der Waals surface area contributed by atoms with Crippen molar-refractivity contribution in [2.75, 3.05) is 12.3 Å². The molecular formula is C7H10INOS. The minimum absolute atomic E-state index is 0.301. The summed E-state index contributed by atoms with van der Waals surface area (Å²) in [5.41, 5.74) is 0. The van der Waals surface area contributed by atoms with Gasteiger partial charge >= 0.3 is 0 Å². The van der Waals surface area contributed by atoms with E-state index < -0.39 is 0 Å². The molecule has 0 aromatic heterocycles. The maximum absolute atomic E-state index is 11.1. The molecule has 11 heavy (non-hydrogen) atoms. The first kappa shape index (κ1) is 8.16. The van der Waals surface area contributed by atoms with Crippen LogP contribution in [0.1, 0.15) is 13.3 Å². The van der Waals surface area contributed by atoms with Crippen LogP contribution in [-0.4, -0.2) is 31.9 Å². The van der Waals surface area contributed by atoms with Crippen molar-refractivity contribution in [3.8, 4) is 0 Å². The molecule has 62 valence electrons. The standard InChI is InChI=1S/C7H10INOS/c1-7(8)3-9-5(10)2-6(9)11-4-7/h6H,2-4H2,1H3/t6-,7?/m0/s1. The van der Waals surface area contributed by atoms with Crippen molar-refractivity contribution in [1.29, 1.82) is 0 Å². The molecule has 0 aromatic carbocycles. The fourth-order valence-electron chi connectivity index (χ4n) is 1.43. The molecule has 2 rings (SSSR count). The molecule has 4 heteroatoms. The molecule has 0 aliphatic carbocycles. The van der Waals surface area contributed by atoms with Crippen molar-refractivity contribution in [2.45, 2.75) is 22.1 Å². The molecule has 1 unspecified atom stereocenters. The average Bonchev–Trinajstić information content (AvgIpc) is 1.92. The smallest absolute Gasteiger partial charge is 0.226 e. The number of carbonyl (C=O) groups excluding carboxylic acids is 1. The first-order valence-electron chi connectivity index (χ1n) is 3.68. The molecule has 0 saturated carbocycles. The fourth-order valence-corrected chi connectivity index (χ4v) is 3.61. The molecular weight excluding hydrogens is 273 g/mol. The second kappa shape index (κ2) is 2.52. The highest BCUT2D eigenvalue weighted by Gasteiger charge is 2.44. The lowest BCUT2D eigenvalue weighted by atomic mass is 10.1. The van der Waals surface area contributed by atoms with Gasteiger partial charge in [-0.25, -0.2) is 0 Å². The summed E-state index contributed by atoms with van der Waals surface area (Å²) in [6, 6.07) is 0. The van der Waals surface area contributed by atoms with Gasteiger partial charge in [-0.15, -0.1) is 11.8 Å². The zero-order chi connectivity index (χ0) is 8.06. The molecule has 2 aliphatic heterocycles. The van der Waals surface area contributed by atoms with Crippen LogP contribution < -0.4 is 0 Å². The third-order valence-electron chi connectivity index (χ3n) is 2.09. The Morgan fingerprint density at radius 1 is 1.82 bits per heavy atom. The highest BCUT2D eigenvalue weighted by molar-refractivity contribution is 14.1. The summed E-state index contributed by atoms with van der Waals surface area (Å²) in [6.45, 7) is 3.16.